The first-order valence-electron chi connectivity index (χ1n) is 5.54. The third-order valence-electron chi connectivity index (χ3n) is 2.91. The van der Waals surface area contributed by atoms with Gasteiger partial charge in [-0.15, -0.1) is 0 Å². The van der Waals surface area contributed by atoms with Gasteiger partial charge in [-0.1, -0.05) is 0 Å². The maximum absolute atomic E-state index is 10.4. The van der Waals surface area contributed by atoms with Crippen LogP contribution < -0.4 is 0 Å². The zero-order valence-corrected chi connectivity index (χ0v) is 10.2. The van der Waals surface area contributed by atoms with Crippen LogP contribution in [0.25, 0.3) is 0 Å². The average Bonchev–Trinajstić information content (AvgIpc) is 2.19. The van der Waals surface area contributed by atoms with Crippen molar-refractivity contribution in [3.8, 4) is 0 Å². The van der Waals surface area contributed by atoms with Crippen LogP contribution in [0, 0.1) is 5.92 Å². The summed E-state index contributed by atoms with van der Waals surface area (Å²) in [6.45, 7) is 2.91. The molecule has 0 aliphatic carbocycles. The third kappa shape index (κ3) is 5.94. The van der Waals surface area contributed by atoms with E-state index in [1.54, 1.807) is 0 Å². The maximum atomic E-state index is 10.4. The summed E-state index contributed by atoms with van der Waals surface area (Å²) in [6.07, 6.45) is 2.70. The van der Waals surface area contributed by atoms with Crippen molar-refractivity contribution in [3.05, 3.63) is 0 Å². The Balaban J connectivity index is 2.10. The lowest BCUT2D eigenvalue weighted by atomic mass is 9.94. The molecule has 1 rings (SSSR count). The molecule has 0 aromatic heterocycles. The SMILES string of the molecule is O=P(O)(O)OCCC1CCN(CCO)CC1. The van der Waals surface area contributed by atoms with Crippen LogP contribution in [0.15, 0.2) is 0 Å². The van der Waals surface area contributed by atoms with E-state index in [2.05, 4.69) is 9.42 Å². The molecule has 0 aromatic rings. The Hall–Kier alpha value is 0.0300. The Kier molecular flexibility index (Phi) is 5.89. The van der Waals surface area contributed by atoms with E-state index in [1.165, 1.54) is 0 Å². The second-order valence-electron chi connectivity index (χ2n) is 4.12. The lowest BCUT2D eigenvalue weighted by Gasteiger charge is -2.31. The van der Waals surface area contributed by atoms with E-state index >= 15 is 0 Å². The summed E-state index contributed by atoms with van der Waals surface area (Å²) < 4.78 is 14.9. The van der Waals surface area contributed by atoms with Gasteiger partial charge in [-0.05, 0) is 38.3 Å². The summed E-state index contributed by atoms with van der Waals surface area (Å²) in [5.74, 6) is 0.474. The van der Waals surface area contributed by atoms with E-state index in [-0.39, 0.29) is 13.2 Å². The molecule has 96 valence electrons. The van der Waals surface area contributed by atoms with Crippen molar-refractivity contribution < 1.29 is 24.0 Å². The highest BCUT2D eigenvalue weighted by Crippen LogP contribution is 2.36. The Morgan fingerprint density at radius 1 is 1.31 bits per heavy atom. The lowest BCUT2D eigenvalue weighted by molar-refractivity contribution is 0.128. The molecule has 1 heterocycles. The van der Waals surface area contributed by atoms with Gasteiger partial charge in [0.2, 0.25) is 0 Å². The largest absolute Gasteiger partial charge is 0.469 e. The van der Waals surface area contributed by atoms with Gasteiger partial charge in [0.15, 0.2) is 0 Å². The number of likely N-dealkylation sites (tertiary alicyclic amines) is 1. The number of rotatable bonds is 6. The summed E-state index contributed by atoms with van der Waals surface area (Å²) in [4.78, 5) is 19.2. The van der Waals surface area contributed by atoms with Gasteiger partial charge in [0, 0.05) is 6.54 Å². The fourth-order valence-corrected chi connectivity index (χ4v) is 2.32. The van der Waals surface area contributed by atoms with Crippen LogP contribution in [0.3, 0.4) is 0 Å². The van der Waals surface area contributed by atoms with Crippen LogP contribution in [-0.2, 0) is 9.09 Å². The maximum Gasteiger partial charge on any atom is 0.469 e. The van der Waals surface area contributed by atoms with Crippen LogP contribution in [0.1, 0.15) is 19.3 Å². The van der Waals surface area contributed by atoms with Gasteiger partial charge in [0.05, 0.1) is 13.2 Å². The van der Waals surface area contributed by atoms with Crippen molar-refractivity contribution in [1.82, 2.24) is 4.90 Å². The number of nitrogens with zero attached hydrogens (tertiary/aromatic N) is 1. The van der Waals surface area contributed by atoms with E-state index in [9.17, 15) is 4.57 Å². The van der Waals surface area contributed by atoms with Crippen LogP contribution in [0.5, 0.6) is 0 Å². The summed E-state index contributed by atoms with van der Waals surface area (Å²) in [5.41, 5.74) is 0. The minimum absolute atomic E-state index is 0.120. The summed E-state index contributed by atoms with van der Waals surface area (Å²) in [6, 6.07) is 0. The number of hydrogen-bond acceptors (Lipinski definition) is 4. The molecule has 0 unspecified atom stereocenters. The van der Waals surface area contributed by atoms with Gasteiger partial charge < -0.3 is 19.8 Å². The molecular weight excluding hydrogens is 233 g/mol. The van der Waals surface area contributed by atoms with E-state index in [1.807, 2.05) is 0 Å². The molecule has 0 spiro atoms. The van der Waals surface area contributed by atoms with Gasteiger partial charge in [-0.25, -0.2) is 4.57 Å². The molecular formula is C9H20NO5P. The number of phosphoric ester groups is 1. The van der Waals surface area contributed by atoms with Gasteiger partial charge in [-0.3, -0.25) is 4.52 Å². The minimum atomic E-state index is -4.30. The molecule has 0 atom stereocenters. The lowest BCUT2D eigenvalue weighted by Crippen LogP contribution is -2.35. The van der Waals surface area contributed by atoms with E-state index in [4.69, 9.17) is 14.9 Å². The highest BCUT2D eigenvalue weighted by atomic mass is 31.2. The van der Waals surface area contributed by atoms with E-state index < -0.39 is 7.82 Å². The first kappa shape index (κ1) is 14.1. The molecule has 16 heavy (non-hydrogen) atoms. The smallest absolute Gasteiger partial charge is 0.395 e. The second-order valence-corrected chi connectivity index (χ2v) is 5.36. The quantitative estimate of drug-likeness (QED) is 0.585. The topological polar surface area (TPSA) is 90.2 Å². The standard InChI is InChI=1S/C9H20NO5P/c11-7-6-10-4-1-9(2-5-10)3-8-15-16(12,13)14/h9,11H,1-8H2,(H2,12,13,14). The molecule has 7 heteroatoms. The number of hydrogen-bond donors (Lipinski definition) is 3. The number of aliphatic hydroxyl groups excluding tert-OH is 1. The monoisotopic (exact) mass is 253 g/mol. The van der Waals surface area contributed by atoms with Crippen molar-refractivity contribution in [1.29, 1.82) is 0 Å². The van der Waals surface area contributed by atoms with Crippen LogP contribution in [-0.4, -0.2) is 52.6 Å². The fourth-order valence-electron chi connectivity index (χ4n) is 1.98. The van der Waals surface area contributed by atoms with Crippen molar-refractivity contribution >= 4 is 7.82 Å². The number of piperidine rings is 1. The minimum Gasteiger partial charge on any atom is -0.395 e. The summed E-state index contributed by atoms with van der Waals surface area (Å²) in [7, 11) is -4.30. The third-order valence-corrected chi connectivity index (χ3v) is 3.43. The van der Waals surface area contributed by atoms with Gasteiger partial charge in [0.25, 0.3) is 0 Å². The fraction of sp³-hybridized carbons (Fsp3) is 1.00. The second kappa shape index (κ2) is 6.69. The number of phosphoric acid groups is 1. The summed E-state index contributed by atoms with van der Waals surface area (Å²) in [5, 5.41) is 8.77. The molecule has 6 nitrogen and oxygen atoms in total. The van der Waals surface area contributed by atoms with Gasteiger partial charge in [0.1, 0.15) is 0 Å². The molecule has 0 radical (unpaired) electrons. The zero-order chi connectivity index (χ0) is 12.0. The first-order chi connectivity index (χ1) is 7.51. The van der Waals surface area contributed by atoms with Crippen molar-refractivity contribution in [2.24, 2.45) is 5.92 Å². The van der Waals surface area contributed by atoms with Crippen LogP contribution in [0.2, 0.25) is 0 Å². The molecule has 0 bridgehead atoms. The van der Waals surface area contributed by atoms with Crippen molar-refractivity contribution in [2.75, 3.05) is 32.8 Å². The Morgan fingerprint density at radius 2 is 1.94 bits per heavy atom. The predicted molar refractivity (Wildman–Crippen MR) is 58.9 cm³/mol. The van der Waals surface area contributed by atoms with Gasteiger partial charge >= 0.3 is 7.82 Å². The molecule has 1 saturated heterocycles. The highest BCUT2D eigenvalue weighted by Gasteiger charge is 2.20. The van der Waals surface area contributed by atoms with Crippen molar-refractivity contribution in [3.63, 3.8) is 0 Å². The highest BCUT2D eigenvalue weighted by molar-refractivity contribution is 7.46. The molecule has 0 aromatic carbocycles. The molecule has 0 amide bonds. The Morgan fingerprint density at radius 3 is 2.44 bits per heavy atom. The Bertz CT molecular complexity index is 236. The average molecular weight is 253 g/mol. The molecule has 3 N–H and O–H groups in total. The normalized spacial score (nSPS) is 20.2. The van der Waals surface area contributed by atoms with Gasteiger partial charge in [-0.2, -0.15) is 0 Å². The Labute approximate surface area is 95.5 Å². The number of β-amino-alcohol motifs (C(OH)–C–C–N with tert-alkyl or cyclic N) is 1. The molecule has 1 aliphatic heterocycles. The van der Waals surface area contributed by atoms with Crippen molar-refractivity contribution in [2.45, 2.75) is 19.3 Å². The molecule has 1 aliphatic rings. The first-order valence-corrected chi connectivity index (χ1v) is 7.07. The zero-order valence-electron chi connectivity index (χ0n) is 9.29. The predicted octanol–water partition coefficient (Wildman–Crippen LogP) is 0.190. The van der Waals surface area contributed by atoms with Crippen LogP contribution >= 0.6 is 7.82 Å². The van der Waals surface area contributed by atoms with Crippen LogP contribution in [0.4, 0.5) is 0 Å². The van der Waals surface area contributed by atoms with E-state index in [0.29, 0.717) is 18.9 Å². The van der Waals surface area contributed by atoms with E-state index in [0.717, 1.165) is 25.9 Å². The molecule has 0 saturated carbocycles. The molecule has 1 fully saturated rings. The summed E-state index contributed by atoms with van der Waals surface area (Å²) >= 11 is 0. The number of aliphatic hydroxyl groups is 1.